The van der Waals surface area contributed by atoms with Gasteiger partial charge in [-0.25, -0.2) is 4.79 Å². The summed E-state index contributed by atoms with van der Waals surface area (Å²) in [4.78, 5) is 10.6. The number of nitrogens with two attached hydrogens (primary N) is 1. The lowest BCUT2D eigenvalue weighted by Crippen LogP contribution is -2.02. The number of carboxylic acids is 1. The van der Waals surface area contributed by atoms with Crippen molar-refractivity contribution < 1.29 is 9.90 Å². The van der Waals surface area contributed by atoms with Crippen molar-refractivity contribution >= 4 is 23.3 Å². The maximum atomic E-state index is 10.6. The Hall–Kier alpha value is -1.22. The number of aromatic carboxylic acids is 1. The van der Waals surface area contributed by atoms with Gasteiger partial charge in [0.15, 0.2) is 0 Å². The molecule has 3 N–H and O–H groups in total. The molecule has 0 amide bonds. The van der Waals surface area contributed by atoms with Gasteiger partial charge >= 0.3 is 5.97 Å². The van der Waals surface area contributed by atoms with Crippen molar-refractivity contribution in [2.45, 2.75) is 5.88 Å². The van der Waals surface area contributed by atoms with E-state index >= 15 is 0 Å². The van der Waals surface area contributed by atoms with Crippen LogP contribution in [0, 0.1) is 0 Å². The molecule has 0 saturated carbocycles. The van der Waals surface area contributed by atoms with Gasteiger partial charge in [-0.1, -0.05) is 6.07 Å². The third-order valence-electron chi connectivity index (χ3n) is 1.50. The number of halogens is 1. The molecule has 0 aliphatic carbocycles. The quantitative estimate of drug-likeness (QED) is 0.545. The molecular weight excluding hydrogens is 178 g/mol. The molecule has 0 unspecified atom stereocenters. The van der Waals surface area contributed by atoms with E-state index in [1.807, 2.05) is 0 Å². The number of rotatable bonds is 2. The molecule has 0 radical (unpaired) electrons. The SMILES string of the molecule is Nc1ccc(CCl)cc1C(=O)O. The van der Waals surface area contributed by atoms with Gasteiger partial charge in [0, 0.05) is 11.6 Å². The van der Waals surface area contributed by atoms with Gasteiger partial charge in [0.2, 0.25) is 0 Å². The first-order valence-corrected chi connectivity index (χ1v) is 3.86. The highest BCUT2D eigenvalue weighted by atomic mass is 35.5. The van der Waals surface area contributed by atoms with Gasteiger partial charge in [0.05, 0.1) is 5.56 Å². The zero-order valence-corrected chi connectivity index (χ0v) is 7.01. The molecule has 0 atom stereocenters. The molecule has 0 heterocycles. The highest BCUT2D eigenvalue weighted by Crippen LogP contribution is 2.15. The summed E-state index contributed by atoms with van der Waals surface area (Å²) >= 11 is 5.52. The van der Waals surface area contributed by atoms with Crippen LogP contribution in [0.5, 0.6) is 0 Å². The number of hydrogen-bond donors (Lipinski definition) is 2. The first-order chi connectivity index (χ1) is 5.65. The van der Waals surface area contributed by atoms with Crippen LogP contribution in [0.3, 0.4) is 0 Å². The maximum Gasteiger partial charge on any atom is 0.337 e. The summed E-state index contributed by atoms with van der Waals surface area (Å²) in [6, 6.07) is 4.72. The number of nitrogen functional groups attached to an aromatic ring is 1. The predicted octanol–water partition coefficient (Wildman–Crippen LogP) is 1.71. The third kappa shape index (κ3) is 1.68. The first-order valence-electron chi connectivity index (χ1n) is 3.33. The summed E-state index contributed by atoms with van der Waals surface area (Å²) in [5, 5.41) is 8.66. The molecule has 12 heavy (non-hydrogen) atoms. The molecule has 0 bridgehead atoms. The Morgan fingerprint density at radius 2 is 2.25 bits per heavy atom. The molecule has 1 aromatic rings. The Kier molecular flexibility index (Phi) is 2.55. The van der Waals surface area contributed by atoms with Crippen molar-refractivity contribution in [2.24, 2.45) is 0 Å². The fourth-order valence-electron chi connectivity index (χ4n) is 0.872. The highest BCUT2D eigenvalue weighted by Gasteiger charge is 2.07. The second-order valence-electron chi connectivity index (χ2n) is 2.36. The van der Waals surface area contributed by atoms with E-state index in [4.69, 9.17) is 22.4 Å². The fraction of sp³-hybridized carbons (Fsp3) is 0.125. The fourth-order valence-corrected chi connectivity index (χ4v) is 1.04. The molecule has 1 rings (SSSR count). The highest BCUT2D eigenvalue weighted by molar-refractivity contribution is 6.17. The lowest BCUT2D eigenvalue weighted by atomic mass is 10.1. The van der Waals surface area contributed by atoms with Crippen LogP contribution in [0.15, 0.2) is 18.2 Å². The van der Waals surface area contributed by atoms with E-state index < -0.39 is 5.97 Å². The van der Waals surface area contributed by atoms with Crippen LogP contribution in [-0.2, 0) is 5.88 Å². The summed E-state index contributed by atoms with van der Waals surface area (Å²) in [5.74, 6) is -0.736. The summed E-state index contributed by atoms with van der Waals surface area (Å²) in [7, 11) is 0. The zero-order chi connectivity index (χ0) is 9.14. The summed E-state index contributed by atoms with van der Waals surface area (Å²) in [6.45, 7) is 0. The minimum absolute atomic E-state index is 0.105. The Morgan fingerprint density at radius 3 is 2.75 bits per heavy atom. The van der Waals surface area contributed by atoms with E-state index in [1.165, 1.54) is 6.07 Å². The zero-order valence-electron chi connectivity index (χ0n) is 6.25. The lowest BCUT2D eigenvalue weighted by Gasteiger charge is -2.01. The van der Waals surface area contributed by atoms with Crippen LogP contribution in [0.25, 0.3) is 0 Å². The molecular formula is C8H8ClNO2. The van der Waals surface area contributed by atoms with Crippen LogP contribution in [0.4, 0.5) is 5.69 Å². The van der Waals surface area contributed by atoms with Gasteiger partial charge in [0.1, 0.15) is 0 Å². The number of anilines is 1. The molecule has 1 aromatic carbocycles. The van der Waals surface area contributed by atoms with Gasteiger partial charge in [0.25, 0.3) is 0 Å². The summed E-state index contributed by atoms with van der Waals surface area (Å²) in [6.07, 6.45) is 0. The number of alkyl halides is 1. The van der Waals surface area contributed by atoms with Crippen molar-refractivity contribution in [1.82, 2.24) is 0 Å². The minimum atomic E-state index is -1.03. The van der Waals surface area contributed by atoms with Gasteiger partial charge in [-0.2, -0.15) is 0 Å². The Bertz CT molecular complexity index is 312. The van der Waals surface area contributed by atoms with E-state index in [0.29, 0.717) is 5.88 Å². The number of benzene rings is 1. The van der Waals surface area contributed by atoms with E-state index in [0.717, 1.165) is 5.56 Å². The van der Waals surface area contributed by atoms with Crippen LogP contribution in [0.1, 0.15) is 15.9 Å². The lowest BCUT2D eigenvalue weighted by molar-refractivity contribution is 0.0698. The standard InChI is InChI=1S/C8H8ClNO2/c9-4-5-1-2-7(10)6(3-5)8(11)12/h1-3H,4,10H2,(H,11,12). The van der Waals surface area contributed by atoms with Gasteiger partial charge < -0.3 is 10.8 Å². The summed E-state index contributed by atoms with van der Waals surface area (Å²) in [5.41, 5.74) is 6.54. The molecule has 0 aliphatic rings. The minimum Gasteiger partial charge on any atom is -0.478 e. The van der Waals surface area contributed by atoms with Gasteiger partial charge in [-0.3, -0.25) is 0 Å². The monoisotopic (exact) mass is 185 g/mol. The number of carboxylic acid groups (broad SMARTS) is 1. The number of carbonyl (C=O) groups is 1. The van der Waals surface area contributed by atoms with E-state index in [2.05, 4.69) is 0 Å². The van der Waals surface area contributed by atoms with Crippen molar-refractivity contribution in [3.63, 3.8) is 0 Å². The molecule has 3 nitrogen and oxygen atoms in total. The molecule has 4 heteroatoms. The number of hydrogen-bond acceptors (Lipinski definition) is 2. The topological polar surface area (TPSA) is 63.3 Å². The summed E-state index contributed by atoms with van der Waals surface area (Å²) < 4.78 is 0. The molecule has 0 saturated heterocycles. The normalized spacial score (nSPS) is 9.75. The largest absolute Gasteiger partial charge is 0.478 e. The van der Waals surface area contributed by atoms with E-state index in [1.54, 1.807) is 12.1 Å². The van der Waals surface area contributed by atoms with Gasteiger partial charge in [-0.15, -0.1) is 11.6 Å². The van der Waals surface area contributed by atoms with Crippen molar-refractivity contribution in [3.8, 4) is 0 Å². The van der Waals surface area contributed by atoms with Crippen molar-refractivity contribution in [3.05, 3.63) is 29.3 Å². The first kappa shape index (κ1) is 8.87. The van der Waals surface area contributed by atoms with Gasteiger partial charge in [-0.05, 0) is 17.7 Å². The second-order valence-corrected chi connectivity index (χ2v) is 2.63. The smallest absolute Gasteiger partial charge is 0.337 e. The Labute approximate surface area is 74.8 Å². The Morgan fingerprint density at radius 1 is 1.58 bits per heavy atom. The van der Waals surface area contributed by atoms with Crippen LogP contribution >= 0.6 is 11.6 Å². The maximum absolute atomic E-state index is 10.6. The van der Waals surface area contributed by atoms with Crippen LogP contribution < -0.4 is 5.73 Å². The predicted molar refractivity (Wildman–Crippen MR) is 47.4 cm³/mol. The van der Waals surface area contributed by atoms with Crippen LogP contribution in [-0.4, -0.2) is 11.1 Å². The average molecular weight is 186 g/mol. The average Bonchev–Trinajstić information content (AvgIpc) is 2.05. The van der Waals surface area contributed by atoms with Crippen LogP contribution in [0.2, 0.25) is 0 Å². The Balaban J connectivity index is 3.17. The van der Waals surface area contributed by atoms with Crippen molar-refractivity contribution in [2.75, 3.05) is 5.73 Å². The van der Waals surface area contributed by atoms with Crippen molar-refractivity contribution in [1.29, 1.82) is 0 Å². The molecule has 0 aliphatic heterocycles. The molecule has 64 valence electrons. The second kappa shape index (κ2) is 3.45. The molecule has 0 fully saturated rings. The van der Waals surface area contributed by atoms with E-state index in [-0.39, 0.29) is 11.3 Å². The third-order valence-corrected chi connectivity index (χ3v) is 1.81. The molecule has 0 spiro atoms. The molecule has 0 aromatic heterocycles. The van der Waals surface area contributed by atoms with E-state index in [9.17, 15) is 4.79 Å².